The van der Waals surface area contributed by atoms with E-state index >= 15 is 0 Å². The molecule has 1 amide bonds. The average molecular weight is 326 g/mol. The maximum absolute atomic E-state index is 11.8. The fourth-order valence-corrected chi connectivity index (χ4v) is 2.99. The van der Waals surface area contributed by atoms with Crippen molar-refractivity contribution in [3.63, 3.8) is 0 Å². The molecule has 0 radical (unpaired) electrons. The van der Waals surface area contributed by atoms with Gasteiger partial charge in [-0.3, -0.25) is 4.79 Å². The van der Waals surface area contributed by atoms with Crippen LogP contribution in [0.3, 0.4) is 0 Å². The number of thiophene rings is 1. The van der Waals surface area contributed by atoms with E-state index in [1.54, 1.807) is 12.1 Å². The summed E-state index contributed by atoms with van der Waals surface area (Å²) in [4.78, 5) is 12.5. The Kier molecular flexibility index (Phi) is 4.38. The van der Waals surface area contributed by atoms with Crippen molar-refractivity contribution in [2.75, 3.05) is 6.54 Å². The molecule has 0 spiro atoms. The molecule has 0 unspecified atom stereocenters. The minimum absolute atomic E-state index is 0.0596. The molecule has 0 saturated heterocycles. The lowest BCUT2D eigenvalue weighted by molar-refractivity contribution is 0.0957. The topological polar surface area (TPSA) is 49.3 Å². The molecule has 0 aliphatic heterocycles. The van der Waals surface area contributed by atoms with Gasteiger partial charge in [-0.1, -0.05) is 12.1 Å². The van der Waals surface area contributed by atoms with E-state index in [0.29, 0.717) is 11.4 Å². The first kappa shape index (κ1) is 13.1. The number of carbonyl (C=O) groups excluding carboxylic acids is 1. The average Bonchev–Trinajstić information content (AvgIpc) is 2.78. The van der Waals surface area contributed by atoms with Crippen LogP contribution in [0.1, 0.15) is 15.2 Å². The van der Waals surface area contributed by atoms with E-state index in [0.717, 1.165) is 16.5 Å². The van der Waals surface area contributed by atoms with Gasteiger partial charge in [-0.05, 0) is 51.5 Å². The van der Waals surface area contributed by atoms with Gasteiger partial charge in [0.05, 0.1) is 0 Å². The van der Waals surface area contributed by atoms with Gasteiger partial charge < -0.3 is 10.4 Å². The third-order valence-corrected chi connectivity index (χ3v) is 4.30. The Morgan fingerprint density at radius 1 is 1.28 bits per heavy atom. The molecule has 0 atom stereocenters. The molecular weight excluding hydrogens is 314 g/mol. The first-order valence-corrected chi connectivity index (χ1v) is 7.13. The monoisotopic (exact) mass is 325 g/mol. The summed E-state index contributed by atoms with van der Waals surface area (Å²) in [6, 6.07) is 8.85. The van der Waals surface area contributed by atoms with Crippen molar-refractivity contribution in [1.82, 2.24) is 5.32 Å². The highest BCUT2D eigenvalue weighted by atomic mass is 79.9. The molecule has 94 valence electrons. The molecule has 18 heavy (non-hydrogen) atoms. The van der Waals surface area contributed by atoms with E-state index in [1.165, 1.54) is 11.3 Å². The van der Waals surface area contributed by atoms with Crippen LogP contribution in [0.2, 0.25) is 0 Å². The Hall–Kier alpha value is -1.33. The van der Waals surface area contributed by atoms with Gasteiger partial charge in [0, 0.05) is 11.0 Å². The smallest absolute Gasteiger partial charge is 0.262 e. The Morgan fingerprint density at radius 2 is 2.00 bits per heavy atom. The first-order valence-electron chi connectivity index (χ1n) is 5.46. The van der Waals surface area contributed by atoms with Crippen LogP contribution in [0.15, 0.2) is 40.2 Å². The number of phenolic OH excluding ortho intramolecular Hbond substituents is 1. The van der Waals surface area contributed by atoms with E-state index in [1.807, 2.05) is 23.6 Å². The van der Waals surface area contributed by atoms with E-state index < -0.39 is 0 Å². The van der Waals surface area contributed by atoms with Crippen molar-refractivity contribution in [2.45, 2.75) is 6.42 Å². The number of hydrogen-bond acceptors (Lipinski definition) is 3. The second-order valence-electron chi connectivity index (χ2n) is 3.77. The van der Waals surface area contributed by atoms with E-state index in [4.69, 9.17) is 5.11 Å². The van der Waals surface area contributed by atoms with Gasteiger partial charge in [0.15, 0.2) is 0 Å². The Balaban J connectivity index is 1.84. The number of rotatable bonds is 4. The van der Waals surface area contributed by atoms with Crippen LogP contribution in [-0.4, -0.2) is 17.6 Å². The second-order valence-corrected chi connectivity index (χ2v) is 5.54. The summed E-state index contributed by atoms with van der Waals surface area (Å²) in [7, 11) is 0. The highest BCUT2D eigenvalue weighted by molar-refractivity contribution is 9.10. The normalized spacial score (nSPS) is 10.3. The Labute approximate surface area is 118 Å². The summed E-state index contributed by atoms with van der Waals surface area (Å²) < 4.78 is 0.828. The number of phenols is 1. The molecular formula is C13H12BrNO2S. The predicted octanol–water partition coefficient (Wildman–Crippen LogP) is 3.19. The SMILES string of the molecule is O=C(NCCc1ccc(O)cc1)c1sccc1Br. The quantitative estimate of drug-likeness (QED) is 0.907. The molecule has 2 aromatic rings. The summed E-state index contributed by atoms with van der Waals surface area (Å²) in [6.45, 7) is 0.577. The Morgan fingerprint density at radius 3 is 2.61 bits per heavy atom. The lowest BCUT2D eigenvalue weighted by Crippen LogP contribution is -2.25. The van der Waals surface area contributed by atoms with Gasteiger partial charge in [-0.25, -0.2) is 0 Å². The van der Waals surface area contributed by atoms with Crippen LogP contribution in [0.25, 0.3) is 0 Å². The summed E-state index contributed by atoms with van der Waals surface area (Å²) >= 11 is 4.75. The standard InChI is InChI=1S/C13H12BrNO2S/c14-11-6-8-18-12(11)13(17)15-7-5-9-1-3-10(16)4-2-9/h1-4,6,8,16H,5,7H2,(H,15,17). The fraction of sp³-hybridized carbons (Fsp3) is 0.154. The maximum atomic E-state index is 11.8. The van der Waals surface area contributed by atoms with Crippen LogP contribution in [0, 0.1) is 0 Å². The summed E-state index contributed by atoms with van der Waals surface area (Å²) in [5, 5.41) is 13.9. The molecule has 5 heteroatoms. The minimum atomic E-state index is -0.0596. The minimum Gasteiger partial charge on any atom is -0.508 e. The van der Waals surface area contributed by atoms with Crippen molar-refractivity contribution < 1.29 is 9.90 Å². The highest BCUT2D eigenvalue weighted by Crippen LogP contribution is 2.22. The van der Waals surface area contributed by atoms with Crippen molar-refractivity contribution in [2.24, 2.45) is 0 Å². The van der Waals surface area contributed by atoms with Crippen LogP contribution in [0.5, 0.6) is 5.75 Å². The second kappa shape index (κ2) is 6.02. The number of amides is 1. The third kappa shape index (κ3) is 3.34. The summed E-state index contributed by atoms with van der Waals surface area (Å²) in [5.74, 6) is 0.195. The molecule has 1 heterocycles. The number of aromatic hydroxyl groups is 1. The van der Waals surface area contributed by atoms with Gasteiger partial charge >= 0.3 is 0 Å². The molecule has 0 saturated carbocycles. The molecule has 1 aromatic carbocycles. The highest BCUT2D eigenvalue weighted by Gasteiger charge is 2.10. The number of hydrogen-bond donors (Lipinski definition) is 2. The largest absolute Gasteiger partial charge is 0.508 e. The zero-order valence-electron chi connectivity index (χ0n) is 9.52. The fourth-order valence-electron chi connectivity index (χ4n) is 1.52. The zero-order valence-corrected chi connectivity index (χ0v) is 11.9. The van der Waals surface area contributed by atoms with Crippen molar-refractivity contribution in [1.29, 1.82) is 0 Å². The van der Waals surface area contributed by atoms with Crippen LogP contribution in [0.4, 0.5) is 0 Å². The van der Waals surface area contributed by atoms with E-state index in [2.05, 4.69) is 21.2 Å². The summed E-state index contributed by atoms with van der Waals surface area (Å²) in [6.07, 6.45) is 0.745. The zero-order chi connectivity index (χ0) is 13.0. The van der Waals surface area contributed by atoms with Gasteiger partial charge in [-0.2, -0.15) is 0 Å². The summed E-state index contributed by atoms with van der Waals surface area (Å²) in [5.41, 5.74) is 1.08. The van der Waals surface area contributed by atoms with Crippen molar-refractivity contribution >= 4 is 33.2 Å². The number of nitrogens with one attached hydrogen (secondary N) is 1. The lowest BCUT2D eigenvalue weighted by atomic mass is 10.1. The number of carbonyl (C=O) groups is 1. The van der Waals surface area contributed by atoms with E-state index in [9.17, 15) is 4.79 Å². The molecule has 0 aliphatic carbocycles. The van der Waals surface area contributed by atoms with E-state index in [-0.39, 0.29) is 11.7 Å². The van der Waals surface area contributed by atoms with Crippen LogP contribution in [-0.2, 0) is 6.42 Å². The van der Waals surface area contributed by atoms with Gasteiger partial charge in [0.1, 0.15) is 10.6 Å². The molecule has 0 aliphatic rings. The van der Waals surface area contributed by atoms with Crippen LogP contribution < -0.4 is 5.32 Å². The first-order chi connectivity index (χ1) is 8.66. The molecule has 2 rings (SSSR count). The van der Waals surface area contributed by atoms with Crippen molar-refractivity contribution in [3.8, 4) is 5.75 Å². The molecule has 0 fully saturated rings. The van der Waals surface area contributed by atoms with Gasteiger partial charge in [0.2, 0.25) is 0 Å². The molecule has 3 nitrogen and oxygen atoms in total. The molecule has 2 N–H and O–H groups in total. The molecule has 0 bridgehead atoms. The van der Waals surface area contributed by atoms with Gasteiger partial charge in [-0.15, -0.1) is 11.3 Å². The maximum Gasteiger partial charge on any atom is 0.262 e. The third-order valence-electron chi connectivity index (χ3n) is 2.46. The predicted molar refractivity (Wildman–Crippen MR) is 76.2 cm³/mol. The lowest BCUT2D eigenvalue weighted by Gasteiger charge is -2.04. The van der Waals surface area contributed by atoms with Crippen LogP contribution >= 0.6 is 27.3 Å². The van der Waals surface area contributed by atoms with Crippen molar-refractivity contribution in [3.05, 3.63) is 50.6 Å². The van der Waals surface area contributed by atoms with Gasteiger partial charge in [0.25, 0.3) is 5.91 Å². The number of benzene rings is 1. The number of halogens is 1. The Bertz CT molecular complexity index is 536. The molecule has 1 aromatic heterocycles.